The lowest BCUT2D eigenvalue weighted by Crippen LogP contribution is -2.02. The highest BCUT2D eigenvalue weighted by atomic mass is 35.5. The molecule has 98 valence electrons. The number of hydrogen-bond donors (Lipinski definition) is 0. The Kier molecular flexibility index (Phi) is 3.55. The van der Waals surface area contributed by atoms with Gasteiger partial charge < -0.3 is 0 Å². The summed E-state index contributed by atoms with van der Waals surface area (Å²) < 4.78 is 24.5. The van der Waals surface area contributed by atoms with E-state index in [0.717, 1.165) is 6.07 Å². The fourth-order valence-corrected chi connectivity index (χ4v) is 2.94. The van der Waals surface area contributed by atoms with Crippen LogP contribution in [0.5, 0.6) is 0 Å². The van der Waals surface area contributed by atoms with Crippen molar-refractivity contribution in [2.75, 3.05) is 0 Å². The molecule has 0 spiro atoms. The summed E-state index contributed by atoms with van der Waals surface area (Å²) in [5.74, 6) is 0. The van der Waals surface area contributed by atoms with Crippen LogP contribution in [0.2, 0.25) is 5.02 Å². The van der Waals surface area contributed by atoms with Gasteiger partial charge in [-0.2, -0.15) is 0 Å². The number of rotatable bonds is 3. The predicted octanol–water partition coefficient (Wildman–Crippen LogP) is 3.08. The van der Waals surface area contributed by atoms with Gasteiger partial charge in [-0.3, -0.25) is 10.1 Å². The van der Waals surface area contributed by atoms with Gasteiger partial charge >= 0.3 is 0 Å². The Bertz CT molecular complexity index is 726. The van der Waals surface area contributed by atoms with Crippen LogP contribution >= 0.6 is 11.6 Å². The Labute approximate surface area is 114 Å². The molecular formula is C12H8ClNO4S. The molecule has 0 aromatic heterocycles. The monoisotopic (exact) mass is 297 g/mol. The number of halogens is 1. The van der Waals surface area contributed by atoms with Crippen molar-refractivity contribution < 1.29 is 13.3 Å². The average Bonchev–Trinajstić information content (AvgIpc) is 2.39. The van der Waals surface area contributed by atoms with E-state index < -0.39 is 14.8 Å². The molecule has 2 aromatic rings. The van der Waals surface area contributed by atoms with E-state index in [4.69, 9.17) is 11.6 Å². The van der Waals surface area contributed by atoms with Gasteiger partial charge in [0, 0.05) is 17.2 Å². The topological polar surface area (TPSA) is 77.3 Å². The Morgan fingerprint density at radius 3 is 2.21 bits per heavy atom. The summed E-state index contributed by atoms with van der Waals surface area (Å²) in [5, 5.41) is 11.1. The second-order valence-electron chi connectivity index (χ2n) is 3.71. The zero-order valence-corrected chi connectivity index (χ0v) is 11.1. The maximum atomic E-state index is 12.3. The standard InChI is InChI=1S/C12H8ClNO4S/c13-9-4-6-11(7-5-9)19(17,18)12-3-1-2-10(8-12)14(15)16/h1-8H. The lowest BCUT2D eigenvalue weighted by atomic mass is 10.3. The fraction of sp³-hybridized carbons (Fsp3) is 0. The van der Waals surface area contributed by atoms with Crippen LogP contribution in [0.15, 0.2) is 58.3 Å². The molecule has 0 atom stereocenters. The van der Waals surface area contributed by atoms with E-state index in [-0.39, 0.29) is 15.5 Å². The quantitative estimate of drug-likeness (QED) is 0.644. The van der Waals surface area contributed by atoms with E-state index in [2.05, 4.69) is 0 Å². The van der Waals surface area contributed by atoms with E-state index >= 15 is 0 Å². The zero-order chi connectivity index (χ0) is 14.0. The molecule has 2 rings (SSSR count). The fourth-order valence-electron chi connectivity index (χ4n) is 1.51. The van der Waals surface area contributed by atoms with Crippen molar-refractivity contribution in [2.45, 2.75) is 9.79 Å². The summed E-state index contributed by atoms with van der Waals surface area (Å²) in [5.41, 5.74) is -0.268. The van der Waals surface area contributed by atoms with Crippen LogP contribution in [0.1, 0.15) is 0 Å². The molecule has 0 heterocycles. The number of sulfone groups is 1. The number of nitro benzene ring substituents is 1. The van der Waals surface area contributed by atoms with Crippen molar-refractivity contribution in [3.63, 3.8) is 0 Å². The molecule has 19 heavy (non-hydrogen) atoms. The minimum atomic E-state index is -3.77. The highest BCUT2D eigenvalue weighted by Gasteiger charge is 2.20. The van der Waals surface area contributed by atoms with Crippen LogP contribution in [0.4, 0.5) is 5.69 Å². The lowest BCUT2D eigenvalue weighted by Gasteiger charge is -2.04. The summed E-state index contributed by atoms with van der Waals surface area (Å²) in [6.45, 7) is 0. The molecule has 5 nitrogen and oxygen atoms in total. The van der Waals surface area contributed by atoms with Crippen LogP contribution in [-0.4, -0.2) is 13.3 Å². The molecule has 0 saturated heterocycles. The van der Waals surface area contributed by atoms with Gasteiger partial charge in [0.25, 0.3) is 5.69 Å². The second-order valence-corrected chi connectivity index (χ2v) is 6.10. The van der Waals surface area contributed by atoms with Crippen molar-refractivity contribution in [1.82, 2.24) is 0 Å². The molecule has 0 saturated carbocycles. The third-order valence-corrected chi connectivity index (χ3v) is 4.48. The molecule has 0 N–H and O–H groups in total. The molecule has 0 aliphatic carbocycles. The Morgan fingerprint density at radius 1 is 1.00 bits per heavy atom. The number of nitro groups is 1. The van der Waals surface area contributed by atoms with Gasteiger partial charge in [-0.25, -0.2) is 8.42 Å². The maximum absolute atomic E-state index is 12.3. The van der Waals surface area contributed by atoms with Gasteiger partial charge in [0.05, 0.1) is 14.7 Å². The summed E-state index contributed by atoms with van der Waals surface area (Å²) in [6, 6.07) is 10.5. The first-order chi connectivity index (χ1) is 8.91. The SMILES string of the molecule is O=[N+]([O-])c1cccc(S(=O)(=O)c2ccc(Cl)cc2)c1. The Morgan fingerprint density at radius 2 is 1.63 bits per heavy atom. The molecule has 0 amide bonds. The molecule has 0 radical (unpaired) electrons. The van der Waals surface area contributed by atoms with E-state index in [9.17, 15) is 18.5 Å². The number of nitrogens with zero attached hydrogens (tertiary/aromatic N) is 1. The van der Waals surface area contributed by atoms with Crippen molar-refractivity contribution in [3.05, 3.63) is 63.7 Å². The van der Waals surface area contributed by atoms with E-state index in [1.54, 1.807) is 0 Å². The minimum Gasteiger partial charge on any atom is -0.258 e. The third-order valence-electron chi connectivity index (χ3n) is 2.46. The molecule has 0 fully saturated rings. The van der Waals surface area contributed by atoms with Crippen molar-refractivity contribution in [3.8, 4) is 0 Å². The smallest absolute Gasteiger partial charge is 0.258 e. The van der Waals surface area contributed by atoms with Crippen LogP contribution in [-0.2, 0) is 9.84 Å². The minimum absolute atomic E-state index is 0.0393. The van der Waals surface area contributed by atoms with E-state index in [1.807, 2.05) is 0 Å². The van der Waals surface area contributed by atoms with Crippen molar-refractivity contribution >= 4 is 27.1 Å². The van der Waals surface area contributed by atoms with Crippen LogP contribution in [0.3, 0.4) is 0 Å². The summed E-state index contributed by atoms with van der Waals surface area (Å²) >= 11 is 5.69. The molecule has 0 bridgehead atoms. The normalized spacial score (nSPS) is 11.2. The molecule has 2 aromatic carbocycles. The summed E-state index contributed by atoms with van der Waals surface area (Å²) in [4.78, 5) is 9.93. The lowest BCUT2D eigenvalue weighted by molar-refractivity contribution is -0.385. The molecular weight excluding hydrogens is 290 g/mol. The highest BCUT2D eigenvalue weighted by molar-refractivity contribution is 7.91. The van der Waals surface area contributed by atoms with Gasteiger partial charge in [-0.15, -0.1) is 0 Å². The van der Waals surface area contributed by atoms with Crippen LogP contribution in [0.25, 0.3) is 0 Å². The summed E-state index contributed by atoms with van der Waals surface area (Å²) in [6.07, 6.45) is 0. The van der Waals surface area contributed by atoms with E-state index in [0.29, 0.717) is 5.02 Å². The Balaban J connectivity index is 2.53. The molecule has 0 aliphatic heterocycles. The first kappa shape index (κ1) is 13.5. The van der Waals surface area contributed by atoms with E-state index in [1.165, 1.54) is 42.5 Å². The second kappa shape index (κ2) is 4.99. The number of hydrogen-bond acceptors (Lipinski definition) is 4. The highest BCUT2D eigenvalue weighted by Crippen LogP contribution is 2.25. The Hall–Kier alpha value is -1.92. The van der Waals surface area contributed by atoms with Crippen molar-refractivity contribution in [1.29, 1.82) is 0 Å². The largest absolute Gasteiger partial charge is 0.270 e. The maximum Gasteiger partial charge on any atom is 0.270 e. The van der Waals surface area contributed by atoms with Crippen LogP contribution < -0.4 is 0 Å². The molecule has 0 unspecified atom stereocenters. The van der Waals surface area contributed by atoms with Crippen LogP contribution in [0, 0.1) is 10.1 Å². The summed E-state index contributed by atoms with van der Waals surface area (Å²) in [7, 11) is -3.77. The predicted molar refractivity (Wildman–Crippen MR) is 70.0 cm³/mol. The van der Waals surface area contributed by atoms with Gasteiger partial charge in [-0.1, -0.05) is 17.7 Å². The first-order valence-electron chi connectivity index (χ1n) is 5.16. The molecule has 0 aliphatic rings. The number of non-ortho nitro benzene ring substituents is 1. The first-order valence-corrected chi connectivity index (χ1v) is 7.02. The van der Waals surface area contributed by atoms with Gasteiger partial charge in [0.1, 0.15) is 0 Å². The van der Waals surface area contributed by atoms with Gasteiger partial charge in [0.15, 0.2) is 0 Å². The molecule has 7 heteroatoms. The number of benzene rings is 2. The third kappa shape index (κ3) is 2.74. The van der Waals surface area contributed by atoms with Gasteiger partial charge in [0.2, 0.25) is 9.84 Å². The van der Waals surface area contributed by atoms with Crippen molar-refractivity contribution in [2.24, 2.45) is 0 Å². The van der Waals surface area contributed by atoms with Gasteiger partial charge in [-0.05, 0) is 30.3 Å². The average molecular weight is 298 g/mol. The zero-order valence-electron chi connectivity index (χ0n) is 9.49.